The van der Waals surface area contributed by atoms with Crippen LogP contribution in [-0.2, 0) is 0 Å². The molecule has 1 aliphatic heterocycles. The van der Waals surface area contributed by atoms with Gasteiger partial charge in [-0.2, -0.15) is 0 Å². The number of methoxy groups -OCH3 is 1. The molecule has 0 aromatic heterocycles. The van der Waals surface area contributed by atoms with Crippen molar-refractivity contribution in [2.75, 3.05) is 20.2 Å². The molecule has 0 aliphatic carbocycles. The van der Waals surface area contributed by atoms with Gasteiger partial charge in [-0.1, -0.05) is 37.1 Å². The fourth-order valence-corrected chi connectivity index (χ4v) is 3.00. The van der Waals surface area contributed by atoms with Gasteiger partial charge >= 0.3 is 0 Å². The summed E-state index contributed by atoms with van der Waals surface area (Å²) in [5.74, 6) is 1.87. The summed E-state index contributed by atoms with van der Waals surface area (Å²) in [7, 11) is 1.61. The highest BCUT2D eigenvalue weighted by Crippen LogP contribution is 2.33. The monoisotopic (exact) mass is 325 g/mol. The lowest BCUT2D eigenvalue weighted by Crippen LogP contribution is -2.32. The van der Waals surface area contributed by atoms with E-state index in [0.717, 1.165) is 25.9 Å². The molecule has 0 spiro atoms. The molecule has 24 heavy (non-hydrogen) atoms. The third-order valence-electron chi connectivity index (χ3n) is 4.30. The topological polar surface area (TPSA) is 38.8 Å². The lowest BCUT2D eigenvalue weighted by Gasteiger charge is -2.22. The van der Waals surface area contributed by atoms with Crippen LogP contribution in [0.1, 0.15) is 36.0 Å². The van der Waals surface area contributed by atoms with Crippen molar-refractivity contribution in [2.45, 2.75) is 25.7 Å². The molecular weight excluding hydrogens is 302 g/mol. The third kappa shape index (κ3) is 3.70. The van der Waals surface area contributed by atoms with Crippen LogP contribution in [0.15, 0.2) is 48.5 Å². The highest BCUT2D eigenvalue weighted by atomic mass is 16.5. The zero-order valence-corrected chi connectivity index (χ0v) is 14.0. The molecule has 2 aromatic rings. The average molecular weight is 325 g/mol. The van der Waals surface area contributed by atoms with Crippen molar-refractivity contribution in [1.82, 2.24) is 4.90 Å². The highest BCUT2D eigenvalue weighted by Gasteiger charge is 2.21. The van der Waals surface area contributed by atoms with E-state index in [4.69, 9.17) is 9.47 Å². The van der Waals surface area contributed by atoms with Gasteiger partial charge in [-0.25, -0.2) is 0 Å². The molecule has 4 heteroatoms. The van der Waals surface area contributed by atoms with Crippen LogP contribution in [0.4, 0.5) is 0 Å². The van der Waals surface area contributed by atoms with E-state index in [-0.39, 0.29) is 5.91 Å². The number of likely N-dealkylation sites (tertiary alicyclic amines) is 1. The minimum Gasteiger partial charge on any atom is -0.493 e. The number of rotatable bonds is 4. The standard InChI is InChI=1S/C20H23NO3/c1-23-18-12-6-7-13-19(18)24-17-11-5-4-10-16(17)20(22)21-14-8-2-3-9-15-21/h4-7,10-13H,2-3,8-9,14-15H2,1H3. The summed E-state index contributed by atoms with van der Waals surface area (Å²) >= 11 is 0. The van der Waals surface area contributed by atoms with Gasteiger partial charge in [-0.3, -0.25) is 4.79 Å². The maximum Gasteiger partial charge on any atom is 0.257 e. The number of carbonyl (C=O) groups excluding carboxylic acids is 1. The lowest BCUT2D eigenvalue weighted by molar-refractivity contribution is 0.0759. The summed E-state index contributed by atoms with van der Waals surface area (Å²) in [5, 5.41) is 0. The highest BCUT2D eigenvalue weighted by molar-refractivity contribution is 5.97. The quantitative estimate of drug-likeness (QED) is 0.830. The fraction of sp³-hybridized carbons (Fsp3) is 0.350. The second-order valence-corrected chi connectivity index (χ2v) is 5.96. The Morgan fingerprint density at radius 3 is 2.08 bits per heavy atom. The van der Waals surface area contributed by atoms with Gasteiger partial charge in [0.2, 0.25) is 0 Å². The van der Waals surface area contributed by atoms with Crippen molar-refractivity contribution in [3.8, 4) is 17.2 Å². The second kappa shape index (κ2) is 7.86. The van der Waals surface area contributed by atoms with Crippen molar-refractivity contribution >= 4 is 5.91 Å². The number of ether oxygens (including phenoxy) is 2. The van der Waals surface area contributed by atoms with Crippen molar-refractivity contribution < 1.29 is 14.3 Å². The van der Waals surface area contributed by atoms with E-state index < -0.39 is 0 Å². The summed E-state index contributed by atoms with van der Waals surface area (Å²) < 4.78 is 11.3. The number of amides is 1. The van der Waals surface area contributed by atoms with Crippen molar-refractivity contribution in [3.63, 3.8) is 0 Å². The van der Waals surface area contributed by atoms with Crippen LogP contribution in [0.25, 0.3) is 0 Å². The second-order valence-electron chi connectivity index (χ2n) is 5.96. The summed E-state index contributed by atoms with van der Waals surface area (Å²) in [6.07, 6.45) is 4.54. The Labute approximate surface area is 143 Å². The molecule has 1 fully saturated rings. The number of hydrogen-bond acceptors (Lipinski definition) is 3. The van der Waals surface area contributed by atoms with Gasteiger partial charge in [0.15, 0.2) is 11.5 Å². The summed E-state index contributed by atoms with van der Waals surface area (Å²) in [5.41, 5.74) is 0.602. The number of nitrogens with zero attached hydrogens (tertiary/aromatic N) is 1. The summed E-state index contributed by atoms with van der Waals surface area (Å²) in [6, 6.07) is 14.9. The molecular formula is C20H23NO3. The van der Waals surface area contributed by atoms with Crippen LogP contribution in [0.5, 0.6) is 17.2 Å². The Hall–Kier alpha value is -2.49. The van der Waals surface area contributed by atoms with E-state index in [1.807, 2.05) is 53.4 Å². The molecule has 4 nitrogen and oxygen atoms in total. The molecule has 2 aromatic carbocycles. The lowest BCUT2D eigenvalue weighted by atomic mass is 10.1. The summed E-state index contributed by atoms with van der Waals surface area (Å²) in [4.78, 5) is 14.9. The van der Waals surface area contributed by atoms with Crippen molar-refractivity contribution in [3.05, 3.63) is 54.1 Å². The number of benzene rings is 2. The first kappa shape index (κ1) is 16.4. The first-order valence-electron chi connectivity index (χ1n) is 8.49. The summed E-state index contributed by atoms with van der Waals surface area (Å²) in [6.45, 7) is 1.64. The molecule has 0 N–H and O–H groups in total. The van der Waals surface area contributed by atoms with Crippen LogP contribution in [-0.4, -0.2) is 31.0 Å². The van der Waals surface area contributed by atoms with Crippen LogP contribution in [0.3, 0.4) is 0 Å². The third-order valence-corrected chi connectivity index (χ3v) is 4.30. The van der Waals surface area contributed by atoms with E-state index in [2.05, 4.69) is 0 Å². The molecule has 1 amide bonds. The molecule has 1 saturated heterocycles. The Kier molecular flexibility index (Phi) is 5.36. The van der Waals surface area contributed by atoms with Crippen molar-refractivity contribution in [1.29, 1.82) is 0 Å². The van der Waals surface area contributed by atoms with Crippen LogP contribution in [0.2, 0.25) is 0 Å². The largest absolute Gasteiger partial charge is 0.493 e. The van der Waals surface area contributed by atoms with Gasteiger partial charge in [0.05, 0.1) is 12.7 Å². The number of para-hydroxylation sites is 3. The number of carbonyl (C=O) groups is 1. The molecule has 0 atom stereocenters. The molecule has 1 aliphatic rings. The minimum absolute atomic E-state index is 0.0439. The van der Waals surface area contributed by atoms with Crippen molar-refractivity contribution in [2.24, 2.45) is 0 Å². The zero-order valence-electron chi connectivity index (χ0n) is 14.0. The van der Waals surface area contributed by atoms with E-state index in [1.165, 1.54) is 12.8 Å². The normalized spacial score (nSPS) is 14.8. The average Bonchev–Trinajstić information content (AvgIpc) is 2.91. The maximum absolute atomic E-state index is 12.9. The van der Waals surface area contributed by atoms with Gasteiger partial charge < -0.3 is 14.4 Å². The molecule has 0 bridgehead atoms. The first-order valence-corrected chi connectivity index (χ1v) is 8.49. The molecule has 3 rings (SSSR count). The van der Waals surface area contributed by atoms with Gasteiger partial charge in [0, 0.05) is 13.1 Å². The first-order chi connectivity index (χ1) is 11.8. The molecule has 126 valence electrons. The SMILES string of the molecule is COc1ccccc1Oc1ccccc1C(=O)N1CCCCCC1. The predicted molar refractivity (Wildman–Crippen MR) is 93.9 cm³/mol. The molecule has 1 heterocycles. The Morgan fingerprint density at radius 1 is 0.833 bits per heavy atom. The molecule has 0 radical (unpaired) electrons. The van der Waals surface area contributed by atoms with Crippen LogP contribution in [0, 0.1) is 0 Å². The number of hydrogen-bond donors (Lipinski definition) is 0. The van der Waals surface area contributed by atoms with E-state index in [1.54, 1.807) is 7.11 Å². The van der Waals surface area contributed by atoms with E-state index in [9.17, 15) is 4.79 Å². The molecule has 0 saturated carbocycles. The Morgan fingerprint density at radius 2 is 1.42 bits per heavy atom. The van der Waals surface area contributed by atoms with Gasteiger partial charge in [-0.05, 0) is 37.1 Å². The Balaban J connectivity index is 1.86. The van der Waals surface area contributed by atoms with E-state index in [0.29, 0.717) is 22.8 Å². The van der Waals surface area contributed by atoms with Gasteiger partial charge in [-0.15, -0.1) is 0 Å². The maximum atomic E-state index is 12.9. The van der Waals surface area contributed by atoms with Gasteiger partial charge in [0.25, 0.3) is 5.91 Å². The predicted octanol–water partition coefficient (Wildman–Crippen LogP) is 4.50. The van der Waals surface area contributed by atoms with E-state index >= 15 is 0 Å². The van der Waals surface area contributed by atoms with Gasteiger partial charge in [0.1, 0.15) is 5.75 Å². The smallest absolute Gasteiger partial charge is 0.257 e. The fourth-order valence-electron chi connectivity index (χ4n) is 3.00. The molecule has 0 unspecified atom stereocenters. The Bertz CT molecular complexity index is 691. The van der Waals surface area contributed by atoms with Crippen LogP contribution >= 0.6 is 0 Å². The minimum atomic E-state index is 0.0439. The van der Waals surface area contributed by atoms with Crippen LogP contribution < -0.4 is 9.47 Å². The zero-order chi connectivity index (χ0) is 16.8.